The van der Waals surface area contributed by atoms with E-state index in [9.17, 15) is 8.42 Å². The molecule has 0 N–H and O–H groups in total. The molecule has 0 saturated carbocycles. The fourth-order valence-electron chi connectivity index (χ4n) is 0. The van der Waals surface area contributed by atoms with Gasteiger partial charge in [0.2, 0.25) is 0 Å². The molecule has 34 valence electrons. The van der Waals surface area contributed by atoms with Crippen LogP contribution in [-0.4, -0.2) is 28.2 Å². The standard InChI is InChI=1S/C2H5BO2S/c1-6(4,5)2-3/h2H2,1H3. The lowest BCUT2D eigenvalue weighted by molar-refractivity contribution is 0.606. The Morgan fingerprint density at radius 3 is 1.83 bits per heavy atom. The van der Waals surface area contributed by atoms with Crippen molar-refractivity contribution in [3.8, 4) is 0 Å². The lowest BCUT2D eigenvalue weighted by Crippen LogP contribution is -2.00. The summed E-state index contributed by atoms with van der Waals surface area (Å²) in [5.74, 6) is 0. The third kappa shape index (κ3) is 4.01. The smallest absolute Gasteiger partial charge is 0.139 e. The minimum absolute atomic E-state index is 0.257. The quantitative estimate of drug-likeness (QED) is 0.406. The lowest BCUT2D eigenvalue weighted by atomic mass is 10.2. The van der Waals surface area contributed by atoms with E-state index in [1.807, 2.05) is 0 Å². The highest BCUT2D eigenvalue weighted by atomic mass is 32.2. The van der Waals surface area contributed by atoms with Crippen LogP contribution in [0.15, 0.2) is 0 Å². The van der Waals surface area contributed by atoms with Crippen LogP contribution >= 0.6 is 0 Å². The van der Waals surface area contributed by atoms with Crippen LogP contribution in [0.3, 0.4) is 0 Å². The van der Waals surface area contributed by atoms with Crippen LogP contribution < -0.4 is 0 Å². The molecule has 2 nitrogen and oxygen atoms in total. The molecule has 0 bridgehead atoms. The second-order valence-electron chi connectivity index (χ2n) is 1.09. The highest BCUT2D eigenvalue weighted by Crippen LogP contribution is 1.71. The van der Waals surface area contributed by atoms with Crippen molar-refractivity contribution in [1.29, 1.82) is 0 Å². The zero-order valence-electron chi connectivity index (χ0n) is 3.51. The van der Waals surface area contributed by atoms with Crippen LogP contribution in [0.4, 0.5) is 0 Å². The molecule has 0 amide bonds. The summed E-state index contributed by atoms with van der Waals surface area (Å²) in [7, 11) is 1.83. The topological polar surface area (TPSA) is 34.1 Å². The van der Waals surface area contributed by atoms with E-state index < -0.39 is 9.84 Å². The SMILES string of the molecule is [B]CS(C)(=O)=O. The Balaban J connectivity index is 3.85. The highest BCUT2D eigenvalue weighted by Gasteiger charge is 1.90. The third-order valence-corrected chi connectivity index (χ3v) is 0.908. The van der Waals surface area contributed by atoms with Gasteiger partial charge in [-0.3, -0.25) is 0 Å². The van der Waals surface area contributed by atoms with Crippen LogP contribution in [-0.2, 0) is 9.84 Å². The summed E-state index contributed by atoms with van der Waals surface area (Å²) in [6.07, 6.45) is 1.09. The van der Waals surface area contributed by atoms with Gasteiger partial charge in [0, 0.05) is 11.9 Å². The zero-order valence-corrected chi connectivity index (χ0v) is 4.33. The van der Waals surface area contributed by atoms with Gasteiger partial charge in [-0.05, 0) is 0 Å². The van der Waals surface area contributed by atoms with Gasteiger partial charge in [0.1, 0.15) is 9.84 Å². The number of rotatable bonds is 1. The van der Waals surface area contributed by atoms with E-state index in [1.54, 1.807) is 0 Å². The van der Waals surface area contributed by atoms with E-state index in [4.69, 9.17) is 7.85 Å². The number of sulfone groups is 1. The third-order valence-electron chi connectivity index (χ3n) is 0.303. The van der Waals surface area contributed by atoms with Crippen molar-refractivity contribution in [3.63, 3.8) is 0 Å². The monoisotopic (exact) mass is 104 g/mol. The van der Waals surface area contributed by atoms with Crippen molar-refractivity contribution in [1.82, 2.24) is 0 Å². The summed E-state index contributed by atoms with van der Waals surface area (Å²) in [5, 5.41) is 0. The van der Waals surface area contributed by atoms with Gasteiger partial charge >= 0.3 is 0 Å². The van der Waals surface area contributed by atoms with Crippen LogP contribution in [0, 0.1) is 0 Å². The Morgan fingerprint density at radius 1 is 1.67 bits per heavy atom. The maximum Gasteiger partial charge on any atom is 0.139 e. The minimum atomic E-state index is -2.88. The maximum absolute atomic E-state index is 9.88. The fourth-order valence-corrected chi connectivity index (χ4v) is 0. The molecular formula is C2H5BO2S. The van der Waals surface area contributed by atoms with Gasteiger partial charge in [-0.2, -0.15) is 0 Å². The molecule has 0 aliphatic heterocycles. The van der Waals surface area contributed by atoms with Gasteiger partial charge in [0.05, 0.1) is 7.85 Å². The molecule has 0 atom stereocenters. The molecule has 2 radical (unpaired) electrons. The summed E-state index contributed by atoms with van der Waals surface area (Å²) >= 11 is 0. The Labute approximate surface area is 38.9 Å². The Kier molecular flexibility index (Phi) is 1.65. The summed E-state index contributed by atoms with van der Waals surface area (Å²) in [5.41, 5.74) is -0.257. The zero-order chi connectivity index (χ0) is 5.21. The lowest BCUT2D eigenvalue weighted by Gasteiger charge is -1.81. The molecule has 0 fully saturated rings. The van der Waals surface area contributed by atoms with Gasteiger partial charge in [-0.25, -0.2) is 8.42 Å². The number of hydrogen-bond donors (Lipinski definition) is 0. The van der Waals surface area contributed by atoms with Gasteiger partial charge in [-0.15, -0.1) is 0 Å². The Hall–Kier alpha value is 0.0149. The van der Waals surface area contributed by atoms with Gasteiger partial charge < -0.3 is 0 Å². The largest absolute Gasteiger partial charge is 0.230 e. The molecule has 0 aliphatic rings. The molecule has 4 heteroatoms. The van der Waals surface area contributed by atoms with Crippen molar-refractivity contribution in [2.24, 2.45) is 0 Å². The molecule has 0 aliphatic carbocycles. The predicted octanol–water partition coefficient (Wildman–Crippen LogP) is -0.843. The molecule has 6 heavy (non-hydrogen) atoms. The van der Waals surface area contributed by atoms with Crippen molar-refractivity contribution >= 4 is 17.7 Å². The van der Waals surface area contributed by atoms with Crippen molar-refractivity contribution in [2.45, 2.75) is 0 Å². The summed E-state index contributed by atoms with van der Waals surface area (Å²) in [6, 6.07) is 0. The molecule has 0 unspecified atom stereocenters. The average Bonchev–Trinajstić information content (AvgIpc) is 1.35. The first-order valence-corrected chi connectivity index (χ1v) is 3.50. The predicted molar refractivity (Wildman–Crippen MR) is 25.5 cm³/mol. The highest BCUT2D eigenvalue weighted by molar-refractivity contribution is 7.91. The molecule has 0 aromatic heterocycles. The maximum atomic E-state index is 9.88. The van der Waals surface area contributed by atoms with Crippen molar-refractivity contribution < 1.29 is 8.42 Å². The number of hydrogen-bond acceptors (Lipinski definition) is 2. The van der Waals surface area contributed by atoms with E-state index in [1.165, 1.54) is 0 Å². The molecular weight excluding hydrogens is 98.9 g/mol. The van der Waals surface area contributed by atoms with Crippen LogP contribution in [0.25, 0.3) is 0 Å². The van der Waals surface area contributed by atoms with Crippen LogP contribution in [0.5, 0.6) is 0 Å². The Morgan fingerprint density at radius 2 is 1.83 bits per heavy atom. The van der Waals surface area contributed by atoms with Gasteiger partial charge in [-0.1, -0.05) is 0 Å². The van der Waals surface area contributed by atoms with Gasteiger partial charge in [0.25, 0.3) is 0 Å². The summed E-state index contributed by atoms with van der Waals surface area (Å²) in [4.78, 5) is 0. The van der Waals surface area contributed by atoms with Crippen LogP contribution in [0.1, 0.15) is 0 Å². The van der Waals surface area contributed by atoms with E-state index in [2.05, 4.69) is 0 Å². The average molecular weight is 104 g/mol. The molecule has 0 heterocycles. The normalized spacial score (nSPS) is 11.5. The van der Waals surface area contributed by atoms with Crippen molar-refractivity contribution in [3.05, 3.63) is 0 Å². The minimum Gasteiger partial charge on any atom is -0.230 e. The van der Waals surface area contributed by atoms with E-state index in [0.717, 1.165) is 6.26 Å². The summed E-state index contributed by atoms with van der Waals surface area (Å²) in [6.45, 7) is 0. The first-order valence-electron chi connectivity index (χ1n) is 1.44. The molecule has 0 aromatic rings. The first kappa shape index (κ1) is 6.01. The molecule has 0 saturated heterocycles. The van der Waals surface area contributed by atoms with E-state index in [0.29, 0.717) is 0 Å². The first-order chi connectivity index (χ1) is 2.56. The molecule has 0 aromatic carbocycles. The van der Waals surface area contributed by atoms with Crippen LogP contribution in [0.2, 0.25) is 0 Å². The molecule has 0 rings (SSSR count). The Bertz CT molecular complexity index is 114. The summed E-state index contributed by atoms with van der Waals surface area (Å²) < 4.78 is 19.8. The second kappa shape index (κ2) is 1.64. The fraction of sp³-hybridized carbons (Fsp3) is 1.00. The molecule has 0 spiro atoms. The second-order valence-corrected chi connectivity index (χ2v) is 3.28. The van der Waals surface area contributed by atoms with E-state index in [-0.39, 0.29) is 5.65 Å². The van der Waals surface area contributed by atoms with Gasteiger partial charge in [0.15, 0.2) is 0 Å². The van der Waals surface area contributed by atoms with E-state index >= 15 is 0 Å². The van der Waals surface area contributed by atoms with Crippen molar-refractivity contribution in [2.75, 3.05) is 11.9 Å².